The molecule has 0 aromatic carbocycles. The zero-order valence-electron chi connectivity index (χ0n) is 14.2. The first-order valence-corrected chi connectivity index (χ1v) is 7.59. The Morgan fingerprint density at radius 1 is 1.32 bits per heavy atom. The highest BCUT2D eigenvalue weighted by Gasteiger charge is 2.46. The number of likely N-dealkylation sites (tertiary alicyclic amines) is 1. The second-order valence-electron chi connectivity index (χ2n) is 6.64. The van der Waals surface area contributed by atoms with E-state index in [2.05, 4.69) is 11.9 Å². The molecule has 1 aliphatic rings. The zero-order valence-corrected chi connectivity index (χ0v) is 14.2. The van der Waals surface area contributed by atoms with E-state index in [0.29, 0.717) is 13.0 Å². The Balaban J connectivity index is 3.12. The fourth-order valence-corrected chi connectivity index (χ4v) is 2.72. The monoisotopic (exact) mass is 305 g/mol. The molecule has 0 radical (unpaired) electrons. The average molecular weight is 305 g/mol. The molecule has 5 heteroatoms. The molecule has 5 nitrogen and oxygen atoms in total. The topological polar surface area (TPSA) is 73.3 Å². The number of carbonyl (C=O) groups is 2. The van der Waals surface area contributed by atoms with Crippen molar-refractivity contribution in [3.63, 3.8) is 0 Å². The van der Waals surface area contributed by atoms with Gasteiger partial charge in [0.2, 0.25) is 11.8 Å². The van der Waals surface area contributed by atoms with Gasteiger partial charge in [0.15, 0.2) is 0 Å². The number of hydrogen-bond donors (Lipinski definition) is 2. The third-order valence-electron chi connectivity index (χ3n) is 4.90. The van der Waals surface area contributed by atoms with Gasteiger partial charge < -0.3 is 10.2 Å². The summed E-state index contributed by atoms with van der Waals surface area (Å²) >= 11 is 0. The molecule has 1 saturated heterocycles. The van der Waals surface area contributed by atoms with Gasteiger partial charge in [-0.2, -0.15) is 0 Å². The fourth-order valence-electron chi connectivity index (χ4n) is 2.72. The van der Waals surface area contributed by atoms with Crippen molar-refractivity contribution in [3.05, 3.63) is 24.4 Å². The minimum absolute atomic E-state index is 0.119. The molecule has 2 N–H and O–H groups in total. The average Bonchev–Trinajstić information content (AvgIpc) is 2.85. The number of hydrogen-bond acceptors (Lipinski definition) is 3. The highest BCUT2D eigenvalue weighted by molar-refractivity contribution is 6.04. The van der Waals surface area contributed by atoms with Crippen LogP contribution in [0.3, 0.4) is 0 Å². The number of amides is 2. The Bertz CT molecular complexity index is 530. The second kappa shape index (κ2) is 6.46. The quantitative estimate of drug-likeness (QED) is 0.465. The maximum Gasteiger partial charge on any atom is 0.248 e. The molecule has 0 aromatic rings. The Labute approximate surface area is 133 Å². The molecule has 1 rings (SSSR count). The van der Waals surface area contributed by atoms with Gasteiger partial charge in [0.05, 0.1) is 0 Å². The van der Waals surface area contributed by atoms with Crippen molar-refractivity contribution in [1.82, 2.24) is 10.2 Å². The molecule has 0 unspecified atom stereocenters. The molecule has 0 saturated carbocycles. The van der Waals surface area contributed by atoms with Gasteiger partial charge in [-0.3, -0.25) is 15.0 Å². The molecule has 1 fully saturated rings. The summed E-state index contributed by atoms with van der Waals surface area (Å²) in [5, 5.41) is 10.8. The van der Waals surface area contributed by atoms with Gasteiger partial charge in [-0.05, 0) is 19.4 Å². The number of rotatable bonds is 5. The van der Waals surface area contributed by atoms with Crippen LogP contribution in [0, 0.1) is 16.2 Å². The molecule has 1 heterocycles. The largest absolute Gasteiger partial charge is 0.316 e. The molecule has 0 spiro atoms. The van der Waals surface area contributed by atoms with Gasteiger partial charge in [-0.15, -0.1) is 0 Å². The van der Waals surface area contributed by atoms with Crippen molar-refractivity contribution < 1.29 is 9.59 Å². The molecular weight excluding hydrogens is 278 g/mol. The van der Waals surface area contributed by atoms with Crippen LogP contribution >= 0.6 is 0 Å². The van der Waals surface area contributed by atoms with Crippen molar-refractivity contribution in [2.45, 2.75) is 47.5 Å². The summed E-state index contributed by atoms with van der Waals surface area (Å²) in [5.41, 5.74) is -0.249. The van der Waals surface area contributed by atoms with Gasteiger partial charge in [0.25, 0.3) is 0 Å². The minimum atomic E-state index is -0.656. The lowest BCUT2D eigenvalue weighted by atomic mass is 9.64. The highest BCUT2D eigenvalue weighted by atomic mass is 16.2. The molecule has 1 aliphatic heterocycles. The van der Waals surface area contributed by atoms with E-state index in [-0.39, 0.29) is 11.7 Å². The van der Waals surface area contributed by atoms with Crippen LogP contribution in [-0.4, -0.2) is 29.1 Å². The molecule has 2 amide bonds. The van der Waals surface area contributed by atoms with E-state index in [1.165, 1.54) is 0 Å². The predicted molar refractivity (Wildman–Crippen MR) is 88.3 cm³/mol. The van der Waals surface area contributed by atoms with Crippen molar-refractivity contribution in [2.75, 3.05) is 6.54 Å². The van der Waals surface area contributed by atoms with Gasteiger partial charge in [-0.25, -0.2) is 0 Å². The van der Waals surface area contributed by atoms with Crippen molar-refractivity contribution in [3.8, 4) is 0 Å². The molecule has 122 valence electrons. The third kappa shape index (κ3) is 3.13. The summed E-state index contributed by atoms with van der Waals surface area (Å²) in [4.78, 5) is 25.4. The van der Waals surface area contributed by atoms with E-state index >= 15 is 0 Å². The van der Waals surface area contributed by atoms with Gasteiger partial charge >= 0.3 is 0 Å². The van der Waals surface area contributed by atoms with E-state index in [1.54, 1.807) is 0 Å². The summed E-state index contributed by atoms with van der Waals surface area (Å²) in [7, 11) is 0. The SMILES string of the molecule is C=CC(=O)NC(=N)C(C)(C)C(C)(C)C(=CC)N1CCCC1=O. The van der Waals surface area contributed by atoms with Crippen LogP contribution in [0.15, 0.2) is 24.4 Å². The first-order chi connectivity index (χ1) is 10.1. The molecule has 0 bridgehead atoms. The lowest BCUT2D eigenvalue weighted by Crippen LogP contribution is -2.50. The number of carbonyl (C=O) groups excluding carboxylic acids is 2. The maximum absolute atomic E-state index is 12.1. The van der Waals surface area contributed by atoms with Crippen molar-refractivity contribution >= 4 is 17.6 Å². The van der Waals surface area contributed by atoms with E-state index in [4.69, 9.17) is 5.41 Å². The highest BCUT2D eigenvalue weighted by Crippen LogP contribution is 2.46. The molecule has 0 aliphatic carbocycles. The van der Waals surface area contributed by atoms with Crippen LogP contribution in [0.25, 0.3) is 0 Å². The second-order valence-corrected chi connectivity index (χ2v) is 6.64. The van der Waals surface area contributed by atoms with E-state index < -0.39 is 16.7 Å². The van der Waals surface area contributed by atoms with Gasteiger partial charge in [-0.1, -0.05) is 40.3 Å². The number of allylic oxidation sites excluding steroid dienone is 2. The number of nitrogens with one attached hydrogen (secondary N) is 2. The first kappa shape index (κ1) is 18.1. The number of nitrogens with zero attached hydrogens (tertiary/aromatic N) is 1. The normalized spacial score (nSPS) is 16.7. The van der Waals surface area contributed by atoms with E-state index in [1.807, 2.05) is 45.6 Å². The standard InChI is InChI=1S/C17H27N3O2/c1-7-12(20-11-9-10-14(20)22)16(3,4)17(5,6)15(18)19-13(21)8-2/h7-8H,2,9-11H2,1,3-6H3,(H2,18,19,21). The van der Waals surface area contributed by atoms with Crippen LogP contribution in [0.2, 0.25) is 0 Å². The van der Waals surface area contributed by atoms with Crippen LogP contribution in [0.1, 0.15) is 47.5 Å². The smallest absolute Gasteiger partial charge is 0.248 e. The summed E-state index contributed by atoms with van der Waals surface area (Å²) in [6.07, 6.45) is 4.52. The van der Waals surface area contributed by atoms with Gasteiger partial charge in [0, 0.05) is 29.5 Å². The van der Waals surface area contributed by atoms with Crippen LogP contribution < -0.4 is 5.32 Å². The summed E-state index contributed by atoms with van der Waals surface area (Å²) < 4.78 is 0. The Morgan fingerprint density at radius 2 is 1.91 bits per heavy atom. The third-order valence-corrected chi connectivity index (χ3v) is 4.90. The lowest BCUT2D eigenvalue weighted by molar-refractivity contribution is -0.127. The van der Waals surface area contributed by atoms with Gasteiger partial charge in [0.1, 0.15) is 5.84 Å². The van der Waals surface area contributed by atoms with Crippen molar-refractivity contribution in [1.29, 1.82) is 5.41 Å². The lowest BCUT2D eigenvalue weighted by Gasteiger charge is -2.45. The Morgan fingerprint density at radius 3 is 2.32 bits per heavy atom. The molecular formula is C17H27N3O2. The molecule has 0 aromatic heterocycles. The molecule has 0 atom stereocenters. The maximum atomic E-state index is 12.1. The summed E-state index contributed by atoms with van der Waals surface area (Å²) in [6.45, 7) is 13.8. The van der Waals surface area contributed by atoms with Crippen LogP contribution in [-0.2, 0) is 9.59 Å². The zero-order chi connectivity index (χ0) is 17.1. The van der Waals surface area contributed by atoms with E-state index in [0.717, 1.165) is 18.2 Å². The van der Waals surface area contributed by atoms with E-state index in [9.17, 15) is 9.59 Å². The minimum Gasteiger partial charge on any atom is -0.316 e. The van der Waals surface area contributed by atoms with Crippen LogP contribution in [0.4, 0.5) is 0 Å². The summed E-state index contributed by atoms with van der Waals surface area (Å²) in [6, 6.07) is 0. The summed E-state index contributed by atoms with van der Waals surface area (Å²) in [5.74, 6) is -0.153. The molecule has 22 heavy (non-hydrogen) atoms. The van der Waals surface area contributed by atoms with Crippen molar-refractivity contribution in [2.24, 2.45) is 10.8 Å². The number of amidine groups is 1. The van der Waals surface area contributed by atoms with Crippen LogP contribution in [0.5, 0.6) is 0 Å². The Kier molecular flexibility index (Phi) is 5.33. The Hall–Kier alpha value is -1.91. The fraction of sp³-hybridized carbons (Fsp3) is 0.588. The first-order valence-electron chi connectivity index (χ1n) is 7.59. The predicted octanol–water partition coefficient (Wildman–Crippen LogP) is 2.84.